The molecule has 3 aromatic heterocycles. The quantitative estimate of drug-likeness (QED) is 0.289. The number of nitrogens with zero attached hydrogens (tertiary/aromatic N) is 5. The van der Waals surface area contributed by atoms with Crippen molar-refractivity contribution in [3.63, 3.8) is 0 Å². The van der Waals surface area contributed by atoms with E-state index in [-0.39, 0.29) is 17.9 Å². The zero-order valence-electron chi connectivity index (χ0n) is 24.7. The standard InChI is InChI=1S/C32H40N6O4S/c1-42-27-17-23(30(39)36-9-2-3-24(33)19-36)15-25-28(27)37(13-12-35-10-6-21(7-11-35)32(40)41)29(34-25)26-16-22-8-14-43-31(22)38(26)18-20-4-5-20/h8,14-17,20-21,24H,2-7,9-13,18-19,33H2,1H3,(H,40,41)/t24-/m1/s1. The van der Waals surface area contributed by atoms with E-state index in [1.165, 1.54) is 23.1 Å². The maximum absolute atomic E-state index is 13.6. The minimum absolute atomic E-state index is 0.00262. The Balaban J connectivity index is 1.29. The summed E-state index contributed by atoms with van der Waals surface area (Å²) in [5.41, 5.74) is 9.48. The van der Waals surface area contributed by atoms with E-state index >= 15 is 0 Å². The predicted molar refractivity (Wildman–Crippen MR) is 168 cm³/mol. The number of piperidine rings is 2. The molecule has 0 bridgehead atoms. The van der Waals surface area contributed by atoms with Crippen molar-refractivity contribution in [2.75, 3.05) is 39.8 Å². The number of benzene rings is 1. The van der Waals surface area contributed by atoms with Gasteiger partial charge in [-0.15, -0.1) is 11.3 Å². The van der Waals surface area contributed by atoms with Gasteiger partial charge in [0, 0.05) is 49.7 Å². The summed E-state index contributed by atoms with van der Waals surface area (Å²) in [7, 11) is 1.65. The van der Waals surface area contributed by atoms with Crippen LogP contribution < -0.4 is 10.5 Å². The van der Waals surface area contributed by atoms with E-state index in [0.29, 0.717) is 49.7 Å². The lowest BCUT2D eigenvalue weighted by molar-refractivity contribution is -0.143. The van der Waals surface area contributed by atoms with E-state index in [4.69, 9.17) is 15.5 Å². The molecular formula is C32H40N6O4S. The van der Waals surface area contributed by atoms with Gasteiger partial charge in [-0.2, -0.15) is 0 Å². The van der Waals surface area contributed by atoms with Crippen molar-refractivity contribution >= 4 is 44.5 Å². The van der Waals surface area contributed by atoms with Gasteiger partial charge in [-0.05, 0) is 87.2 Å². The fourth-order valence-electron chi connectivity index (χ4n) is 6.84. The first-order valence-corrected chi connectivity index (χ1v) is 16.4. The number of hydrogen-bond donors (Lipinski definition) is 2. The number of imidazole rings is 1. The maximum atomic E-state index is 13.6. The molecule has 1 saturated carbocycles. The molecule has 0 spiro atoms. The number of ether oxygens (including phenoxy) is 1. The van der Waals surface area contributed by atoms with Gasteiger partial charge in [-0.1, -0.05) is 0 Å². The number of thiophene rings is 1. The molecule has 43 heavy (non-hydrogen) atoms. The van der Waals surface area contributed by atoms with Crippen molar-refractivity contribution in [3.8, 4) is 17.3 Å². The molecule has 11 heteroatoms. The van der Waals surface area contributed by atoms with Crippen LogP contribution in [0, 0.1) is 11.8 Å². The second-order valence-electron chi connectivity index (χ2n) is 12.5. The average molecular weight is 605 g/mol. The molecule has 1 amide bonds. The van der Waals surface area contributed by atoms with Gasteiger partial charge in [0.25, 0.3) is 5.91 Å². The fraction of sp³-hybridized carbons (Fsp3) is 0.531. The minimum atomic E-state index is -0.694. The first kappa shape index (κ1) is 28.4. The number of likely N-dealkylation sites (tertiary alicyclic amines) is 2. The second kappa shape index (κ2) is 11.6. The third kappa shape index (κ3) is 5.54. The van der Waals surface area contributed by atoms with E-state index in [0.717, 1.165) is 61.6 Å². The summed E-state index contributed by atoms with van der Waals surface area (Å²) in [6.07, 6.45) is 5.69. The third-order valence-corrected chi connectivity index (χ3v) is 10.4. The highest BCUT2D eigenvalue weighted by Gasteiger charge is 2.29. The van der Waals surface area contributed by atoms with Crippen LogP contribution in [0.5, 0.6) is 5.75 Å². The molecule has 4 aromatic rings. The lowest BCUT2D eigenvalue weighted by Gasteiger charge is -2.31. The van der Waals surface area contributed by atoms with Crippen LogP contribution in [0.15, 0.2) is 29.6 Å². The van der Waals surface area contributed by atoms with Crippen molar-refractivity contribution < 1.29 is 19.4 Å². The molecule has 10 nitrogen and oxygen atoms in total. The minimum Gasteiger partial charge on any atom is -0.494 e. The zero-order valence-corrected chi connectivity index (χ0v) is 25.5. The molecule has 3 aliphatic rings. The number of fused-ring (bicyclic) bond motifs is 2. The molecule has 7 rings (SSSR count). The number of nitrogens with two attached hydrogens (primary N) is 1. The summed E-state index contributed by atoms with van der Waals surface area (Å²) in [5.74, 6) is 1.21. The maximum Gasteiger partial charge on any atom is 0.306 e. The number of hydrogen-bond acceptors (Lipinski definition) is 7. The Hall–Kier alpha value is -3.41. The number of aliphatic carboxylic acids is 1. The molecule has 3 fully saturated rings. The number of amides is 1. The first-order chi connectivity index (χ1) is 20.9. The molecule has 3 N–H and O–H groups in total. The Morgan fingerprint density at radius 1 is 1.07 bits per heavy atom. The number of carbonyl (C=O) groups excluding carboxylic acids is 1. The molecule has 0 radical (unpaired) electrons. The molecule has 228 valence electrons. The summed E-state index contributed by atoms with van der Waals surface area (Å²) in [4.78, 5) is 35.8. The van der Waals surface area contributed by atoms with Crippen LogP contribution in [0.25, 0.3) is 32.8 Å². The van der Waals surface area contributed by atoms with Crippen LogP contribution in [0.1, 0.15) is 48.9 Å². The van der Waals surface area contributed by atoms with Crippen molar-refractivity contribution in [1.29, 1.82) is 0 Å². The summed E-state index contributed by atoms with van der Waals surface area (Å²) >= 11 is 1.77. The largest absolute Gasteiger partial charge is 0.494 e. The van der Waals surface area contributed by atoms with Gasteiger partial charge in [0.2, 0.25) is 0 Å². The molecule has 1 aromatic carbocycles. The Morgan fingerprint density at radius 2 is 1.88 bits per heavy atom. The SMILES string of the molecule is COc1cc(C(=O)N2CCC[C@@H](N)C2)cc2nc(-c3cc4ccsc4n3CC3CC3)n(CCN3CCC(C(=O)O)CC3)c12. The molecule has 1 atom stereocenters. The van der Waals surface area contributed by atoms with Crippen molar-refractivity contribution in [2.45, 2.75) is 57.7 Å². The van der Waals surface area contributed by atoms with Gasteiger partial charge in [0.05, 0.1) is 24.2 Å². The molecule has 5 heterocycles. The van der Waals surface area contributed by atoms with Gasteiger partial charge in [-0.25, -0.2) is 4.98 Å². The Kier molecular flexibility index (Phi) is 7.65. The highest BCUT2D eigenvalue weighted by atomic mass is 32.1. The number of carboxylic acids is 1. The highest BCUT2D eigenvalue weighted by Crippen LogP contribution is 2.39. The highest BCUT2D eigenvalue weighted by molar-refractivity contribution is 7.16. The molecule has 1 aliphatic carbocycles. The smallest absolute Gasteiger partial charge is 0.306 e. The number of aromatic nitrogens is 3. The summed E-state index contributed by atoms with van der Waals surface area (Å²) in [6.45, 7) is 5.22. The van der Waals surface area contributed by atoms with E-state index in [1.54, 1.807) is 18.4 Å². The summed E-state index contributed by atoms with van der Waals surface area (Å²) in [6, 6.07) is 8.19. The lowest BCUT2D eigenvalue weighted by Crippen LogP contribution is -2.45. The number of methoxy groups -OCH3 is 1. The Morgan fingerprint density at radius 3 is 2.60 bits per heavy atom. The Labute approximate surface area is 255 Å². The van der Waals surface area contributed by atoms with Crippen molar-refractivity contribution in [2.24, 2.45) is 17.6 Å². The van der Waals surface area contributed by atoms with Crippen LogP contribution in [-0.2, 0) is 17.9 Å². The number of carbonyl (C=O) groups is 2. The van der Waals surface area contributed by atoms with Crippen LogP contribution in [0.4, 0.5) is 0 Å². The zero-order chi connectivity index (χ0) is 29.7. The number of carboxylic acid groups (broad SMARTS) is 1. The van der Waals surface area contributed by atoms with Gasteiger partial charge in [0.1, 0.15) is 16.1 Å². The second-order valence-corrected chi connectivity index (χ2v) is 13.4. The fourth-order valence-corrected chi connectivity index (χ4v) is 7.75. The van der Waals surface area contributed by atoms with Crippen LogP contribution >= 0.6 is 11.3 Å². The monoisotopic (exact) mass is 604 g/mol. The van der Waals surface area contributed by atoms with Crippen molar-refractivity contribution in [1.82, 2.24) is 23.9 Å². The topological polar surface area (TPSA) is 119 Å². The van der Waals surface area contributed by atoms with Crippen LogP contribution in [-0.4, -0.2) is 86.8 Å². The average Bonchev–Trinajstić information content (AvgIpc) is 3.43. The predicted octanol–water partition coefficient (Wildman–Crippen LogP) is 4.50. The van der Waals surface area contributed by atoms with E-state index in [2.05, 4.69) is 31.5 Å². The molecule has 2 aliphatic heterocycles. The van der Waals surface area contributed by atoms with Gasteiger partial charge < -0.3 is 34.5 Å². The van der Waals surface area contributed by atoms with Crippen LogP contribution in [0.3, 0.4) is 0 Å². The van der Waals surface area contributed by atoms with E-state index in [1.807, 2.05) is 17.0 Å². The summed E-state index contributed by atoms with van der Waals surface area (Å²) in [5, 5.41) is 12.8. The lowest BCUT2D eigenvalue weighted by atomic mass is 9.97. The van der Waals surface area contributed by atoms with Gasteiger partial charge in [0.15, 0.2) is 5.82 Å². The molecular weight excluding hydrogens is 564 g/mol. The third-order valence-electron chi connectivity index (χ3n) is 9.46. The summed E-state index contributed by atoms with van der Waals surface area (Å²) < 4.78 is 10.6. The van der Waals surface area contributed by atoms with Crippen LogP contribution in [0.2, 0.25) is 0 Å². The van der Waals surface area contributed by atoms with E-state index in [9.17, 15) is 14.7 Å². The Bertz CT molecular complexity index is 1660. The van der Waals surface area contributed by atoms with Gasteiger partial charge >= 0.3 is 5.97 Å². The van der Waals surface area contributed by atoms with E-state index < -0.39 is 5.97 Å². The number of rotatable bonds is 9. The molecule has 0 unspecified atom stereocenters. The van der Waals surface area contributed by atoms with Crippen molar-refractivity contribution in [3.05, 3.63) is 35.2 Å². The molecule has 2 saturated heterocycles. The van der Waals surface area contributed by atoms with Gasteiger partial charge in [-0.3, -0.25) is 9.59 Å². The first-order valence-electron chi connectivity index (χ1n) is 15.5. The normalized spacial score (nSPS) is 20.3.